The zero-order chi connectivity index (χ0) is 24.4. The molecule has 174 valence electrons. The average Bonchev–Trinajstić information content (AvgIpc) is 3.41. The Kier molecular flexibility index (Phi) is 4.44. The number of para-hydroxylation sites is 4. The normalized spacial score (nSPS) is 12.3. The molecule has 0 spiro atoms. The van der Waals surface area contributed by atoms with Crippen molar-refractivity contribution in [2.24, 2.45) is 0 Å². The summed E-state index contributed by atoms with van der Waals surface area (Å²) in [7, 11) is 0. The topological polar surface area (TPSA) is 9.86 Å². The molecule has 0 fully saturated rings. The van der Waals surface area contributed by atoms with Crippen LogP contribution in [0.4, 0.5) is 0 Å². The SMILES string of the molecule is CC(C)(C)c1c(-n2c3ccccc3c3ccccc32)ccc2c3ccccc3n(-c3ccccc3)c12. The number of fused-ring (bicyclic) bond motifs is 6. The molecule has 2 heteroatoms. The minimum Gasteiger partial charge on any atom is -0.309 e. The molecule has 5 aromatic carbocycles. The van der Waals surface area contributed by atoms with Gasteiger partial charge in [0, 0.05) is 32.8 Å². The predicted octanol–water partition coefficient (Wildman–Crippen LogP) is 9.18. The van der Waals surface area contributed by atoms with Gasteiger partial charge in [-0.3, -0.25) is 0 Å². The van der Waals surface area contributed by atoms with Crippen LogP contribution < -0.4 is 0 Å². The molecular formula is C34H28N2. The van der Waals surface area contributed by atoms with Gasteiger partial charge in [-0.05, 0) is 41.8 Å². The summed E-state index contributed by atoms with van der Waals surface area (Å²) in [6.45, 7) is 7.02. The van der Waals surface area contributed by atoms with E-state index < -0.39 is 0 Å². The lowest BCUT2D eigenvalue weighted by Crippen LogP contribution is -2.17. The van der Waals surface area contributed by atoms with Gasteiger partial charge in [-0.1, -0.05) is 99.6 Å². The molecule has 0 aliphatic carbocycles. The van der Waals surface area contributed by atoms with Crippen LogP contribution in [0.2, 0.25) is 0 Å². The molecule has 2 aromatic heterocycles. The number of hydrogen-bond donors (Lipinski definition) is 0. The maximum absolute atomic E-state index is 2.47. The van der Waals surface area contributed by atoms with Crippen LogP contribution in [0, 0.1) is 0 Å². The predicted molar refractivity (Wildman–Crippen MR) is 154 cm³/mol. The molecule has 36 heavy (non-hydrogen) atoms. The second-order valence-electron chi connectivity index (χ2n) is 10.7. The molecule has 0 bridgehead atoms. The third kappa shape index (κ3) is 2.91. The Morgan fingerprint density at radius 1 is 0.444 bits per heavy atom. The van der Waals surface area contributed by atoms with Gasteiger partial charge in [-0.25, -0.2) is 0 Å². The van der Waals surface area contributed by atoms with E-state index >= 15 is 0 Å². The summed E-state index contributed by atoms with van der Waals surface area (Å²) in [5.41, 5.74) is 8.70. The van der Waals surface area contributed by atoms with Gasteiger partial charge in [0.1, 0.15) is 0 Å². The van der Waals surface area contributed by atoms with Crippen LogP contribution in [0.5, 0.6) is 0 Å². The van der Waals surface area contributed by atoms with Crippen molar-refractivity contribution in [2.75, 3.05) is 0 Å². The first-order chi connectivity index (χ1) is 17.5. The number of benzene rings is 5. The molecule has 0 unspecified atom stereocenters. The average molecular weight is 465 g/mol. The third-order valence-electron chi connectivity index (χ3n) is 7.40. The van der Waals surface area contributed by atoms with E-state index in [1.165, 1.54) is 60.5 Å². The summed E-state index contributed by atoms with van der Waals surface area (Å²) >= 11 is 0. The van der Waals surface area contributed by atoms with Crippen molar-refractivity contribution in [1.29, 1.82) is 0 Å². The lowest BCUT2D eigenvalue weighted by Gasteiger charge is -2.27. The number of rotatable bonds is 2. The molecule has 0 radical (unpaired) electrons. The molecular weight excluding hydrogens is 436 g/mol. The Hall–Kier alpha value is -4.30. The van der Waals surface area contributed by atoms with E-state index in [2.05, 4.69) is 145 Å². The van der Waals surface area contributed by atoms with E-state index in [0.717, 1.165) is 0 Å². The van der Waals surface area contributed by atoms with E-state index in [-0.39, 0.29) is 5.41 Å². The van der Waals surface area contributed by atoms with Gasteiger partial charge in [-0.2, -0.15) is 0 Å². The monoisotopic (exact) mass is 464 g/mol. The fourth-order valence-electron chi connectivity index (χ4n) is 6.00. The summed E-state index contributed by atoms with van der Waals surface area (Å²) in [4.78, 5) is 0. The van der Waals surface area contributed by atoms with Crippen molar-refractivity contribution in [3.05, 3.63) is 121 Å². The molecule has 0 atom stereocenters. The molecule has 0 aliphatic heterocycles. The van der Waals surface area contributed by atoms with Gasteiger partial charge >= 0.3 is 0 Å². The lowest BCUT2D eigenvalue weighted by molar-refractivity contribution is 0.591. The molecule has 0 saturated heterocycles. The van der Waals surface area contributed by atoms with Crippen molar-refractivity contribution in [3.8, 4) is 11.4 Å². The number of aromatic nitrogens is 2. The van der Waals surface area contributed by atoms with Crippen LogP contribution in [-0.4, -0.2) is 9.13 Å². The molecule has 7 rings (SSSR count). The second kappa shape index (κ2) is 7.60. The fraction of sp³-hybridized carbons (Fsp3) is 0.118. The highest BCUT2D eigenvalue weighted by Gasteiger charge is 2.28. The first-order valence-electron chi connectivity index (χ1n) is 12.6. The first-order valence-corrected chi connectivity index (χ1v) is 12.6. The summed E-state index contributed by atoms with van der Waals surface area (Å²) in [6, 6.07) is 41.8. The van der Waals surface area contributed by atoms with Crippen molar-refractivity contribution in [2.45, 2.75) is 26.2 Å². The zero-order valence-corrected chi connectivity index (χ0v) is 20.9. The standard InChI is InChI=1S/C34H28N2/c1-34(2,3)32-31(36-29-19-11-7-15-24(29)25-16-8-12-20-30(25)36)22-21-27-26-17-9-10-18-28(26)35(33(27)32)23-13-5-4-6-14-23/h4-22H,1-3H3. The van der Waals surface area contributed by atoms with E-state index in [1.807, 2.05) is 0 Å². The maximum Gasteiger partial charge on any atom is 0.0599 e. The van der Waals surface area contributed by atoms with E-state index in [4.69, 9.17) is 0 Å². The van der Waals surface area contributed by atoms with Crippen molar-refractivity contribution < 1.29 is 0 Å². The first kappa shape index (κ1) is 21.0. The van der Waals surface area contributed by atoms with E-state index in [0.29, 0.717) is 0 Å². The van der Waals surface area contributed by atoms with Gasteiger partial charge in [-0.15, -0.1) is 0 Å². The number of nitrogens with zero attached hydrogens (tertiary/aromatic N) is 2. The Morgan fingerprint density at radius 2 is 0.917 bits per heavy atom. The molecule has 0 amide bonds. The molecule has 7 aromatic rings. The lowest BCUT2D eigenvalue weighted by atomic mass is 9.84. The van der Waals surface area contributed by atoms with Gasteiger partial charge in [0.05, 0.1) is 27.8 Å². The quantitative estimate of drug-likeness (QED) is 0.241. The Morgan fingerprint density at radius 3 is 1.47 bits per heavy atom. The zero-order valence-electron chi connectivity index (χ0n) is 20.9. The second-order valence-corrected chi connectivity index (χ2v) is 10.7. The van der Waals surface area contributed by atoms with Gasteiger partial charge in [0.2, 0.25) is 0 Å². The van der Waals surface area contributed by atoms with Crippen molar-refractivity contribution >= 4 is 43.6 Å². The summed E-state index contributed by atoms with van der Waals surface area (Å²) in [5, 5.41) is 5.16. The van der Waals surface area contributed by atoms with Crippen LogP contribution in [-0.2, 0) is 5.41 Å². The highest BCUT2D eigenvalue weighted by atomic mass is 15.0. The molecule has 2 heterocycles. The van der Waals surface area contributed by atoms with Crippen molar-refractivity contribution in [1.82, 2.24) is 9.13 Å². The fourth-order valence-corrected chi connectivity index (χ4v) is 6.00. The van der Waals surface area contributed by atoms with Crippen LogP contribution >= 0.6 is 0 Å². The highest BCUT2D eigenvalue weighted by Crippen LogP contribution is 2.43. The largest absolute Gasteiger partial charge is 0.309 e. The smallest absolute Gasteiger partial charge is 0.0599 e. The van der Waals surface area contributed by atoms with Crippen LogP contribution in [0.1, 0.15) is 26.3 Å². The summed E-state index contributed by atoms with van der Waals surface area (Å²) < 4.78 is 4.93. The molecule has 2 nitrogen and oxygen atoms in total. The van der Waals surface area contributed by atoms with Crippen LogP contribution in [0.25, 0.3) is 55.0 Å². The van der Waals surface area contributed by atoms with Gasteiger partial charge in [0.15, 0.2) is 0 Å². The molecule has 0 N–H and O–H groups in total. The Bertz CT molecular complexity index is 1860. The molecule has 0 aliphatic rings. The van der Waals surface area contributed by atoms with Gasteiger partial charge < -0.3 is 9.13 Å². The summed E-state index contributed by atoms with van der Waals surface area (Å²) in [6.07, 6.45) is 0. The van der Waals surface area contributed by atoms with E-state index in [9.17, 15) is 0 Å². The Balaban J connectivity index is 1.73. The summed E-state index contributed by atoms with van der Waals surface area (Å²) in [5.74, 6) is 0. The van der Waals surface area contributed by atoms with Gasteiger partial charge in [0.25, 0.3) is 0 Å². The van der Waals surface area contributed by atoms with E-state index in [1.54, 1.807) is 0 Å². The third-order valence-corrected chi connectivity index (χ3v) is 7.40. The van der Waals surface area contributed by atoms with Crippen LogP contribution in [0.15, 0.2) is 115 Å². The minimum atomic E-state index is -0.0950. The minimum absolute atomic E-state index is 0.0950. The highest BCUT2D eigenvalue weighted by molar-refractivity contribution is 6.13. The number of hydrogen-bond acceptors (Lipinski definition) is 0. The molecule has 0 saturated carbocycles. The van der Waals surface area contributed by atoms with Crippen LogP contribution in [0.3, 0.4) is 0 Å². The Labute approximate surface area is 211 Å². The van der Waals surface area contributed by atoms with Crippen molar-refractivity contribution in [3.63, 3.8) is 0 Å². The maximum atomic E-state index is 2.47.